The van der Waals surface area contributed by atoms with Crippen molar-refractivity contribution in [1.29, 1.82) is 0 Å². The third-order valence-corrected chi connectivity index (χ3v) is 2.89. The van der Waals surface area contributed by atoms with Crippen molar-refractivity contribution in [2.24, 2.45) is 0 Å². The molecule has 1 aromatic rings. The highest BCUT2D eigenvalue weighted by Gasteiger charge is 2.34. The van der Waals surface area contributed by atoms with Crippen LogP contribution >= 0.6 is 0 Å². The number of morpholine rings is 1. The molecule has 0 amide bonds. The summed E-state index contributed by atoms with van der Waals surface area (Å²) in [5, 5.41) is 0. The van der Waals surface area contributed by atoms with Gasteiger partial charge in [0.25, 0.3) is 0 Å². The lowest BCUT2D eigenvalue weighted by molar-refractivity contribution is -0.141. The third kappa shape index (κ3) is 2.72. The fraction of sp³-hybridized carbons (Fsp3) is 0.636. The van der Waals surface area contributed by atoms with Crippen LogP contribution in [0.15, 0.2) is 12.3 Å². The average molecular weight is 261 g/mol. The van der Waals surface area contributed by atoms with Crippen molar-refractivity contribution in [1.82, 2.24) is 9.97 Å². The Morgan fingerprint density at radius 3 is 2.94 bits per heavy atom. The minimum absolute atomic E-state index is 0.0298. The van der Waals surface area contributed by atoms with Gasteiger partial charge >= 0.3 is 6.18 Å². The van der Waals surface area contributed by atoms with Gasteiger partial charge < -0.3 is 9.64 Å². The minimum Gasteiger partial charge on any atom is -0.377 e. The predicted molar refractivity (Wildman–Crippen MR) is 59.3 cm³/mol. The molecule has 2 heterocycles. The van der Waals surface area contributed by atoms with Gasteiger partial charge in [-0.25, -0.2) is 9.97 Å². The lowest BCUT2D eigenvalue weighted by atomic mass is 10.2. The first-order chi connectivity index (χ1) is 8.52. The molecule has 1 fully saturated rings. The molecule has 4 nitrogen and oxygen atoms in total. The summed E-state index contributed by atoms with van der Waals surface area (Å²) in [5.41, 5.74) is -0.908. The van der Waals surface area contributed by atoms with Crippen molar-refractivity contribution in [3.05, 3.63) is 18.0 Å². The summed E-state index contributed by atoms with van der Waals surface area (Å²) >= 11 is 0. The van der Waals surface area contributed by atoms with Gasteiger partial charge in [-0.1, -0.05) is 6.92 Å². The quantitative estimate of drug-likeness (QED) is 0.817. The summed E-state index contributed by atoms with van der Waals surface area (Å²) in [7, 11) is 0. The fourth-order valence-electron chi connectivity index (χ4n) is 1.90. The topological polar surface area (TPSA) is 38.2 Å². The molecule has 0 aliphatic carbocycles. The van der Waals surface area contributed by atoms with Crippen LogP contribution in [0.5, 0.6) is 0 Å². The number of alkyl halides is 3. The van der Waals surface area contributed by atoms with Crippen LogP contribution in [-0.2, 0) is 10.9 Å². The maximum absolute atomic E-state index is 12.6. The number of ether oxygens (including phenoxy) is 1. The van der Waals surface area contributed by atoms with E-state index in [9.17, 15) is 13.2 Å². The Hall–Kier alpha value is -1.37. The van der Waals surface area contributed by atoms with Gasteiger partial charge in [-0.3, -0.25) is 0 Å². The highest BCUT2D eigenvalue weighted by molar-refractivity contribution is 5.33. The zero-order valence-corrected chi connectivity index (χ0v) is 9.94. The van der Waals surface area contributed by atoms with Crippen LogP contribution in [0.1, 0.15) is 19.0 Å². The first kappa shape index (κ1) is 13.1. The second kappa shape index (κ2) is 5.09. The molecule has 0 spiro atoms. The fourth-order valence-corrected chi connectivity index (χ4v) is 1.90. The van der Waals surface area contributed by atoms with Crippen LogP contribution in [0.4, 0.5) is 19.1 Å². The predicted octanol–water partition coefficient (Wildman–Crippen LogP) is 2.11. The molecule has 7 heteroatoms. The molecule has 0 N–H and O–H groups in total. The number of nitrogens with zero attached hydrogens (tertiary/aromatic N) is 3. The SMILES string of the molecule is CCC1COCCN1c1nccc(C(F)(F)F)n1. The van der Waals surface area contributed by atoms with E-state index in [1.165, 1.54) is 0 Å². The molecule has 0 saturated carbocycles. The molecule has 1 saturated heterocycles. The molecule has 1 unspecified atom stereocenters. The summed E-state index contributed by atoms with van der Waals surface area (Å²) in [5.74, 6) is 0.125. The first-order valence-corrected chi connectivity index (χ1v) is 5.77. The number of aromatic nitrogens is 2. The summed E-state index contributed by atoms with van der Waals surface area (Å²) in [6.07, 6.45) is -2.52. The molecule has 0 bridgehead atoms. The van der Waals surface area contributed by atoms with E-state index in [1.807, 2.05) is 6.92 Å². The molecular formula is C11H14F3N3O. The molecule has 0 radical (unpaired) electrons. The molecule has 100 valence electrons. The zero-order valence-electron chi connectivity index (χ0n) is 9.94. The monoisotopic (exact) mass is 261 g/mol. The van der Waals surface area contributed by atoms with Gasteiger partial charge in [-0.05, 0) is 12.5 Å². The van der Waals surface area contributed by atoms with Gasteiger partial charge in [0.15, 0.2) is 0 Å². The summed E-state index contributed by atoms with van der Waals surface area (Å²) in [6.45, 7) is 3.45. The van der Waals surface area contributed by atoms with Crippen molar-refractivity contribution >= 4 is 5.95 Å². The van der Waals surface area contributed by atoms with E-state index >= 15 is 0 Å². The van der Waals surface area contributed by atoms with Crippen LogP contribution in [-0.4, -0.2) is 35.8 Å². The van der Waals surface area contributed by atoms with Crippen molar-refractivity contribution < 1.29 is 17.9 Å². The van der Waals surface area contributed by atoms with Crippen molar-refractivity contribution in [3.63, 3.8) is 0 Å². The van der Waals surface area contributed by atoms with Crippen LogP contribution in [0.3, 0.4) is 0 Å². The third-order valence-electron chi connectivity index (χ3n) is 2.89. The van der Waals surface area contributed by atoms with Gasteiger partial charge in [-0.15, -0.1) is 0 Å². The number of halogens is 3. The Labute approximate surface area is 103 Å². The largest absolute Gasteiger partial charge is 0.433 e. The number of anilines is 1. The van der Waals surface area contributed by atoms with E-state index in [-0.39, 0.29) is 12.0 Å². The summed E-state index contributed by atoms with van der Waals surface area (Å²) in [6, 6.07) is 0.910. The highest BCUT2D eigenvalue weighted by atomic mass is 19.4. The van der Waals surface area contributed by atoms with E-state index in [0.717, 1.165) is 18.7 Å². The Balaban J connectivity index is 2.27. The molecule has 2 rings (SSSR count). The van der Waals surface area contributed by atoms with Gasteiger partial charge in [0.05, 0.1) is 19.3 Å². The van der Waals surface area contributed by atoms with E-state index in [1.54, 1.807) is 4.90 Å². The number of hydrogen-bond donors (Lipinski definition) is 0. The first-order valence-electron chi connectivity index (χ1n) is 5.77. The highest BCUT2D eigenvalue weighted by Crippen LogP contribution is 2.28. The Morgan fingerprint density at radius 1 is 1.50 bits per heavy atom. The number of rotatable bonds is 2. The minimum atomic E-state index is -4.44. The second-order valence-corrected chi connectivity index (χ2v) is 4.07. The second-order valence-electron chi connectivity index (χ2n) is 4.07. The van der Waals surface area contributed by atoms with Gasteiger partial charge in [0, 0.05) is 12.7 Å². The molecule has 18 heavy (non-hydrogen) atoms. The normalized spacial score (nSPS) is 21.1. The Bertz CT molecular complexity index is 411. The van der Waals surface area contributed by atoms with Crippen molar-refractivity contribution in [3.8, 4) is 0 Å². The average Bonchev–Trinajstić information content (AvgIpc) is 2.38. The van der Waals surface area contributed by atoms with E-state index < -0.39 is 11.9 Å². The smallest absolute Gasteiger partial charge is 0.377 e. The maximum atomic E-state index is 12.6. The van der Waals surface area contributed by atoms with Crippen molar-refractivity contribution in [2.75, 3.05) is 24.7 Å². The maximum Gasteiger partial charge on any atom is 0.433 e. The van der Waals surface area contributed by atoms with Gasteiger partial charge in [0.2, 0.25) is 5.95 Å². The molecular weight excluding hydrogens is 247 g/mol. The zero-order chi connectivity index (χ0) is 13.2. The van der Waals surface area contributed by atoms with Crippen LogP contribution in [0.25, 0.3) is 0 Å². The van der Waals surface area contributed by atoms with E-state index in [0.29, 0.717) is 19.8 Å². The molecule has 0 aromatic carbocycles. The Morgan fingerprint density at radius 2 is 2.28 bits per heavy atom. The molecule has 1 aliphatic heterocycles. The van der Waals surface area contributed by atoms with Crippen LogP contribution in [0, 0.1) is 0 Å². The van der Waals surface area contributed by atoms with E-state index in [2.05, 4.69) is 9.97 Å². The summed E-state index contributed by atoms with van der Waals surface area (Å²) < 4.78 is 43.0. The number of hydrogen-bond acceptors (Lipinski definition) is 4. The van der Waals surface area contributed by atoms with Gasteiger partial charge in [0.1, 0.15) is 5.69 Å². The van der Waals surface area contributed by atoms with E-state index in [4.69, 9.17) is 4.74 Å². The lowest BCUT2D eigenvalue weighted by Gasteiger charge is -2.35. The summed E-state index contributed by atoms with van der Waals surface area (Å²) in [4.78, 5) is 9.31. The van der Waals surface area contributed by atoms with Gasteiger partial charge in [-0.2, -0.15) is 13.2 Å². The molecule has 1 aliphatic rings. The lowest BCUT2D eigenvalue weighted by Crippen LogP contribution is -2.46. The Kier molecular flexibility index (Phi) is 3.70. The molecule has 1 aromatic heterocycles. The molecule has 1 atom stereocenters. The standard InChI is InChI=1S/C11H14F3N3O/c1-2-8-7-18-6-5-17(8)10-15-4-3-9(16-10)11(12,13)14/h3-4,8H,2,5-7H2,1H3. The van der Waals surface area contributed by atoms with Crippen molar-refractivity contribution in [2.45, 2.75) is 25.6 Å². The van der Waals surface area contributed by atoms with Crippen LogP contribution in [0.2, 0.25) is 0 Å². The van der Waals surface area contributed by atoms with Crippen LogP contribution < -0.4 is 4.90 Å².